The van der Waals surface area contributed by atoms with Crippen LogP contribution in [0.15, 0.2) is 12.1 Å². The molecule has 6 nitrogen and oxygen atoms in total. The maximum Gasteiger partial charge on any atom is 0.453 e. The maximum absolute atomic E-state index is 12.9. The lowest BCUT2D eigenvalue weighted by Gasteiger charge is -2.27. The molecule has 0 radical (unpaired) electrons. The van der Waals surface area contributed by atoms with E-state index in [-0.39, 0.29) is 11.8 Å². The van der Waals surface area contributed by atoms with Crippen LogP contribution < -0.4 is 4.90 Å². The predicted octanol–water partition coefficient (Wildman–Crippen LogP) is 2.15. The number of ether oxygens (including phenoxy) is 1. The van der Waals surface area contributed by atoms with Crippen molar-refractivity contribution in [2.45, 2.75) is 31.5 Å². The van der Waals surface area contributed by atoms with Crippen LogP contribution in [0.25, 0.3) is 5.65 Å². The number of alkyl halides is 3. The van der Waals surface area contributed by atoms with E-state index in [4.69, 9.17) is 4.74 Å². The summed E-state index contributed by atoms with van der Waals surface area (Å²) in [6.07, 6.45) is -1.39. The molecule has 22 heavy (non-hydrogen) atoms. The molecule has 0 aliphatic carbocycles. The van der Waals surface area contributed by atoms with Crippen molar-refractivity contribution in [2.24, 2.45) is 0 Å². The lowest BCUT2D eigenvalue weighted by Crippen LogP contribution is -2.34. The second-order valence-corrected chi connectivity index (χ2v) is 5.35. The van der Waals surface area contributed by atoms with Gasteiger partial charge in [-0.3, -0.25) is 0 Å². The first-order valence-corrected chi connectivity index (χ1v) is 7.07. The number of anilines is 1. The maximum atomic E-state index is 12.9. The third-order valence-corrected chi connectivity index (χ3v) is 3.64. The fraction of sp³-hybridized carbons (Fsp3) is 0.615. The van der Waals surface area contributed by atoms with Gasteiger partial charge in [-0.2, -0.15) is 17.7 Å². The van der Waals surface area contributed by atoms with E-state index in [1.54, 1.807) is 18.0 Å². The van der Waals surface area contributed by atoms with E-state index in [0.717, 1.165) is 30.4 Å². The minimum Gasteiger partial charge on any atom is -0.376 e. The van der Waals surface area contributed by atoms with Crippen LogP contribution in [-0.4, -0.2) is 46.1 Å². The van der Waals surface area contributed by atoms with Crippen molar-refractivity contribution in [3.05, 3.63) is 18.0 Å². The molecule has 0 aromatic carbocycles. The molecule has 1 fully saturated rings. The van der Waals surface area contributed by atoms with Gasteiger partial charge in [0.25, 0.3) is 5.82 Å². The molecule has 1 atom stereocenters. The number of likely N-dealkylation sites (N-methyl/N-ethyl adjacent to an activating group) is 1. The van der Waals surface area contributed by atoms with E-state index in [0.29, 0.717) is 12.4 Å². The molecule has 9 heteroatoms. The molecule has 3 rings (SSSR count). The summed E-state index contributed by atoms with van der Waals surface area (Å²) in [5, 5.41) is 10.7. The highest BCUT2D eigenvalue weighted by molar-refractivity contribution is 5.45. The topological polar surface area (TPSA) is 55.5 Å². The van der Waals surface area contributed by atoms with Gasteiger partial charge in [0.05, 0.1) is 6.10 Å². The fourth-order valence-corrected chi connectivity index (χ4v) is 2.51. The molecule has 2 aromatic rings. The lowest BCUT2D eigenvalue weighted by molar-refractivity contribution is -0.146. The van der Waals surface area contributed by atoms with Crippen LogP contribution in [0, 0.1) is 0 Å². The van der Waals surface area contributed by atoms with E-state index < -0.39 is 12.0 Å². The Hall–Kier alpha value is -1.90. The molecule has 0 spiro atoms. The second-order valence-electron chi connectivity index (χ2n) is 5.35. The van der Waals surface area contributed by atoms with E-state index in [9.17, 15) is 13.2 Å². The standard InChI is InChI=1S/C13H16F3N5O/c1-20(8-9-4-2-3-7-22-9)11-6-5-10-17-18-12(13(14,15)16)21(10)19-11/h5-6,9H,2-4,7-8H2,1H3/t9-/m0/s1. The van der Waals surface area contributed by atoms with Gasteiger partial charge in [-0.05, 0) is 31.4 Å². The van der Waals surface area contributed by atoms with Crippen molar-refractivity contribution in [2.75, 3.05) is 25.1 Å². The van der Waals surface area contributed by atoms with Gasteiger partial charge < -0.3 is 9.64 Å². The van der Waals surface area contributed by atoms with Gasteiger partial charge in [0.2, 0.25) is 0 Å². The largest absolute Gasteiger partial charge is 0.453 e. The average Bonchev–Trinajstić information content (AvgIpc) is 2.91. The van der Waals surface area contributed by atoms with E-state index in [1.165, 1.54) is 6.07 Å². The summed E-state index contributed by atoms with van der Waals surface area (Å²) in [6.45, 7) is 1.32. The van der Waals surface area contributed by atoms with E-state index in [2.05, 4.69) is 15.3 Å². The summed E-state index contributed by atoms with van der Waals surface area (Å²) in [6, 6.07) is 3.11. The van der Waals surface area contributed by atoms with Crippen LogP contribution >= 0.6 is 0 Å². The monoisotopic (exact) mass is 315 g/mol. The first-order chi connectivity index (χ1) is 10.4. The Morgan fingerprint density at radius 2 is 2.14 bits per heavy atom. The summed E-state index contributed by atoms with van der Waals surface area (Å²) in [7, 11) is 1.78. The lowest BCUT2D eigenvalue weighted by atomic mass is 10.1. The number of nitrogens with zero attached hydrogens (tertiary/aromatic N) is 5. The van der Waals surface area contributed by atoms with Crippen LogP contribution in [0.2, 0.25) is 0 Å². The van der Waals surface area contributed by atoms with Crippen molar-refractivity contribution in [3.63, 3.8) is 0 Å². The first-order valence-electron chi connectivity index (χ1n) is 7.07. The second kappa shape index (κ2) is 5.71. The molecule has 0 N–H and O–H groups in total. The molecule has 0 amide bonds. The summed E-state index contributed by atoms with van der Waals surface area (Å²) >= 11 is 0. The van der Waals surface area contributed by atoms with Gasteiger partial charge in [0.15, 0.2) is 5.65 Å². The van der Waals surface area contributed by atoms with Crippen LogP contribution in [0.1, 0.15) is 25.1 Å². The Morgan fingerprint density at radius 3 is 2.82 bits per heavy atom. The van der Waals surface area contributed by atoms with Crippen LogP contribution in [-0.2, 0) is 10.9 Å². The van der Waals surface area contributed by atoms with Crippen LogP contribution in [0.4, 0.5) is 19.0 Å². The third kappa shape index (κ3) is 2.99. The molecule has 0 unspecified atom stereocenters. The number of fused-ring (bicyclic) bond motifs is 1. The Morgan fingerprint density at radius 1 is 1.32 bits per heavy atom. The molecular weight excluding hydrogens is 299 g/mol. The summed E-state index contributed by atoms with van der Waals surface area (Å²) in [5.74, 6) is -0.696. The van der Waals surface area contributed by atoms with Gasteiger partial charge in [0, 0.05) is 20.2 Å². The number of hydrogen-bond acceptors (Lipinski definition) is 5. The molecule has 120 valence electrons. The highest BCUT2D eigenvalue weighted by atomic mass is 19.4. The highest BCUT2D eigenvalue weighted by Crippen LogP contribution is 2.28. The molecule has 0 saturated carbocycles. The van der Waals surface area contributed by atoms with Crippen molar-refractivity contribution in [1.29, 1.82) is 0 Å². The molecule has 2 aromatic heterocycles. The first kappa shape index (κ1) is 15.0. The summed E-state index contributed by atoms with van der Waals surface area (Å²) in [5.41, 5.74) is 0.0680. The Bertz CT molecular complexity index is 651. The number of rotatable bonds is 3. The predicted molar refractivity (Wildman–Crippen MR) is 72.6 cm³/mol. The van der Waals surface area contributed by atoms with Gasteiger partial charge in [-0.1, -0.05) is 0 Å². The molecular formula is C13H16F3N5O. The number of aromatic nitrogens is 4. The fourth-order valence-electron chi connectivity index (χ4n) is 2.51. The van der Waals surface area contributed by atoms with Gasteiger partial charge in [-0.15, -0.1) is 15.3 Å². The average molecular weight is 315 g/mol. The SMILES string of the molecule is CN(C[C@@H]1CCCCO1)c1ccc2nnc(C(F)(F)F)n2n1. The summed E-state index contributed by atoms with van der Waals surface area (Å²) < 4.78 is 44.9. The minimum absolute atomic E-state index is 0.0680. The number of halogens is 3. The third-order valence-electron chi connectivity index (χ3n) is 3.64. The van der Waals surface area contributed by atoms with Crippen molar-refractivity contribution in [3.8, 4) is 0 Å². The zero-order valence-corrected chi connectivity index (χ0v) is 12.0. The van der Waals surface area contributed by atoms with Crippen LogP contribution in [0.3, 0.4) is 0 Å². The van der Waals surface area contributed by atoms with Crippen LogP contribution in [0.5, 0.6) is 0 Å². The molecule has 1 aliphatic heterocycles. The minimum atomic E-state index is -4.59. The Balaban J connectivity index is 1.84. The number of hydrogen-bond donors (Lipinski definition) is 0. The van der Waals surface area contributed by atoms with Gasteiger partial charge in [-0.25, -0.2) is 0 Å². The Labute approximate surface area is 124 Å². The zero-order chi connectivity index (χ0) is 15.7. The molecule has 1 aliphatic rings. The van der Waals surface area contributed by atoms with Crippen molar-refractivity contribution < 1.29 is 17.9 Å². The van der Waals surface area contributed by atoms with Crippen molar-refractivity contribution in [1.82, 2.24) is 19.8 Å². The smallest absolute Gasteiger partial charge is 0.376 e. The zero-order valence-electron chi connectivity index (χ0n) is 12.0. The summed E-state index contributed by atoms with van der Waals surface area (Å²) in [4.78, 5) is 1.79. The van der Waals surface area contributed by atoms with Gasteiger partial charge in [0.1, 0.15) is 5.82 Å². The van der Waals surface area contributed by atoms with Gasteiger partial charge >= 0.3 is 6.18 Å². The molecule has 0 bridgehead atoms. The quantitative estimate of drug-likeness (QED) is 0.869. The molecule has 1 saturated heterocycles. The molecule has 3 heterocycles. The van der Waals surface area contributed by atoms with Crippen molar-refractivity contribution >= 4 is 11.5 Å². The van der Waals surface area contributed by atoms with E-state index >= 15 is 0 Å². The van der Waals surface area contributed by atoms with E-state index in [1.807, 2.05) is 0 Å². The Kier molecular flexibility index (Phi) is 3.90. The highest BCUT2D eigenvalue weighted by Gasteiger charge is 2.37. The normalized spacial score (nSPS) is 19.5.